The van der Waals surface area contributed by atoms with Crippen LogP contribution >= 0.6 is 0 Å². The van der Waals surface area contributed by atoms with Gasteiger partial charge in [0.25, 0.3) is 0 Å². The molecule has 1 fully saturated rings. The Kier molecular flexibility index (Phi) is 4.94. The predicted molar refractivity (Wildman–Crippen MR) is 76.7 cm³/mol. The van der Waals surface area contributed by atoms with Crippen LogP contribution in [-0.2, 0) is 0 Å². The van der Waals surface area contributed by atoms with Gasteiger partial charge in [-0.25, -0.2) is 0 Å². The molecule has 1 aliphatic rings. The van der Waals surface area contributed by atoms with Crippen molar-refractivity contribution in [2.45, 2.75) is 51.7 Å². The molecule has 0 radical (unpaired) electrons. The Morgan fingerprint density at radius 1 is 1.35 bits per heavy atom. The number of aromatic nitrogens is 3. The average Bonchev–Trinajstić information content (AvgIpc) is 2.30. The van der Waals surface area contributed by atoms with Gasteiger partial charge in [0.1, 0.15) is 0 Å². The summed E-state index contributed by atoms with van der Waals surface area (Å²) < 4.78 is 5.50. The third-order valence-corrected chi connectivity index (χ3v) is 3.29. The van der Waals surface area contributed by atoms with Gasteiger partial charge in [0.2, 0.25) is 11.9 Å². The van der Waals surface area contributed by atoms with Gasteiger partial charge >= 0.3 is 6.01 Å². The fourth-order valence-electron chi connectivity index (χ4n) is 2.14. The molecule has 0 unspecified atom stereocenters. The van der Waals surface area contributed by atoms with Gasteiger partial charge in [-0.3, -0.25) is 0 Å². The largest absolute Gasteiger partial charge is 0.461 e. The highest BCUT2D eigenvalue weighted by Crippen LogP contribution is 2.28. The monoisotopic (exact) mass is 281 g/mol. The number of hydrogen-bond donors (Lipinski definition) is 2. The zero-order valence-electron chi connectivity index (χ0n) is 12.1. The van der Waals surface area contributed by atoms with E-state index in [9.17, 15) is 0 Å². The second kappa shape index (κ2) is 6.69. The fourth-order valence-corrected chi connectivity index (χ4v) is 2.14. The van der Waals surface area contributed by atoms with E-state index in [4.69, 9.17) is 15.6 Å². The van der Waals surface area contributed by atoms with Gasteiger partial charge < -0.3 is 20.5 Å². The van der Waals surface area contributed by atoms with Gasteiger partial charge in [-0.1, -0.05) is 0 Å². The van der Waals surface area contributed by atoms with Gasteiger partial charge in [0, 0.05) is 19.2 Å². The highest BCUT2D eigenvalue weighted by molar-refractivity contribution is 5.37. The topological polar surface area (TPSA) is 97.4 Å². The van der Waals surface area contributed by atoms with Crippen molar-refractivity contribution in [3.8, 4) is 6.01 Å². The molecule has 0 amide bonds. The van der Waals surface area contributed by atoms with Crippen LogP contribution in [0.4, 0.5) is 11.9 Å². The van der Waals surface area contributed by atoms with Crippen molar-refractivity contribution in [3.05, 3.63) is 0 Å². The Morgan fingerprint density at radius 3 is 2.65 bits per heavy atom. The van der Waals surface area contributed by atoms with E-state index in [0.29, 0.717) is 25.0 Å². The molecule has 0 spiro atoms. The van der Waals surface area contributed by atoms with E-state index >= 15 is 0 Å². The van der Waals surface area contributed by atoms with E-state index in [1.807, 2.05) is 13.8 Å². The van der Waals surface area contributed by atoms with Gasteiger partial charge in [0.15, 0.2) is 0 Å². The van der Waals surface area contributed by atoms with Crippen molar-refractivity contribution >= 4 is 11.9 Å². The lowest BCUT2D eigenvalue weighted by Gasteiger charge is -2.37. The molecule has 1 saturated carbocycles. The third-order valence-electron chi connectivity index (χ3n) is 3.29. The van der Waals surface area contributed by atoms with Gasteiger partial charge in [0.05, 0.1) is 6.10 Å². The molecule has 0 saturated heterocycles. The predicted octanol–water partition coefficient (Wildman–Crippen LogP) is 0.982. The molecule has 2 rings (SSSR count). The summed E-state index contributed by atoms with van der Waals surface area (Å²) in [5.74, 6) is 0.713. The maximum atomic E-state index is 9.03. The lowest BCUT2D eigenvalue weighted by Crippen LogP contribution is -2.42. The summed E-state index contributed by atoms with van der Waals surface area (Å²) in [5, 5.41) is 9.03. The van der Waals surface area contributed by atoms with E-state index in [1.54, 1.807) is 0 Å². The Labute approximate surface area is 119 Å². The number of aliphatic hydroxyl groups is 1. The summed E-state index contributed by atoms with van der Waals surface area (Å²) in [4.78, 5) is 14.7. The molecular weight excluding hydrogens is 258 g/mol. The Hall–Kier alpha value is -1.63. The summed E-state index contributed by atoms with van der Waals surface area (Å²) in [7, 11) is 0. The van der Waals surface area contributed by atoms with Crippen molar-refractivity contribution in [1.82, 2.24) is 15.0 Å². The van der Waals surface area contributed by atoms with Crippen molar-refractivity contribution in [3.63, 3.8) is 0 Å². The van der Waals surface area contributed by atoms with E-state index < -0.39 is 0 Å². The van der Waals surface area contributed by atoms with E-state index in [0.717, 1.165) is 12.8 Å². The van der Waals surface area contributed by atoms with Crippen LogP contribution in [0.25, 0.3) is 0 Å². The highest BCUT2D eigenvalue weighted by Gasteiger charge is 2.27. The number of nitrogens with two attached hydrogens (primary N) is 1. The number of hydrogen-bond acceptors (Lipinski definition) is 7. The fraction of sp³-hybridized carbons (Fsp3) is 0.769. The quantitative estimate of drug-likeness (QED) is 0.768. The number of nitrogen functional groups attached to an aromatic ring is 1. The van der Waals surface area contributed by atoms with Gasteiger partial charge in [-0.15, -0.1) is 0 Å². The minimum Gasteiger partial charge on any atom is -0.461 e. The Morgan fingerprint density at radius 2 is 2.10 bits per heavy atom. The van der Waals surface area contributed by atoms with Crippen LogP contribution in [0.15, 0.2) is 0 Å². The van der Waals surface area contributed by atoms with E-state index in [-0.39, 0.29) is 24.7 Å². The van der Waals surface area contributed by atoms with Gasteiger partial charge in [-0.2, -0.15) is 15.0 Å². The zero-order valence-corrected chi connectivity index (χ0v) is 12.1. The average molecular weight is 281 g/mol. The highest BCUT2D eigenvalue weighted by atomic mass is 16.5. The minimum absolute atomic E-state index is 0.0146. The molecule has 1 aromatic rings. The van der Waals surface area contributed by atoms with Crippen LogP contribution in [0.5, 0.6) is 6.01 Å². The maximum absolute atomic E-state index is 9.03. The number of nitrogens with zero attached hydrogens (tertiary/aromatic N) is 4. The minimum atomic E-state index is -0.0146. The molecule has 112 valence electrons. The van der Waals surface area contributed by atoms with Crippen molar-refractivity contribution in [2.75, 3.05) is 23.8 Å². The van der Waals surface area contributed by atoms with E-state index in [2.05, 4.69) is 19.9 Å². The second-order valence-electron chi connectivity index (χ2n) is 5.30. The molecule has 0 atom stereocenters. The van der Waals surface area contributed by atoms with Gasteiger partial charge in [-0.05, 0) is 39.5 Å². The molecule has 1 aliphatic carbocycles. The zero-order chi connectivity index (χ0) is 14.5. The normalized spacial score (nSPS) is 15.2. The number of rotatable bonds is 7. The molecule has 0 bridgehead atoms. The summed E-state index contributed by atoms with van der Waals surface area (Å²) >= 11 is 0. The molecule has 1 aromatic heterocycles. The lowest BCUT2D eigenvalue weighted by atomic mass is 9.91. The molecule has 0 aromatic carbocycles. The Bertz CT molecular complexity index is 437. The Balaban J connectivity index is 2.19. The van der Waals surface area contributed by atoms with Crippen molar-refractivity contribution in [1.29, 1.82) is 0 Å². The molecule has 7 nitrogen and oxygen atoms in total. The first-order valence-electron chi connectivity index (χ1n) is 7.16. The molecular formula is C13H23N5O2. The van der Waals surface area contributed by atoms with Crippen LogP contribution in [0.3, 0.4) is 0 Å². The summed E-state index contributed by atoms with van der Waals surface area (Å²) in [5.41, 5.74) is 5.74. The molecule has 0 aliphatic heterocycles. The SMILES string of the molecule is CC(C)Oc1nc(N)nc(N(CCCO)C2CCC2)n1. The standard InChI is InChI=1S/C13H23N5O2/c1-9(2)20-13-16-11(14)15-12(17-13)18(7-4-8-19)10-5-3-6-10/h9-10,19H,3-8H2,1-2H3,(H2,14,15,16,17). The molecule has 7 heteroatoms. The lowest BCUT2D eigenvalue weighted by molar-refractivity contribution is 0.221. The molecule has 3 N–H and O–H groups in total. The second-order valence-corrected chi connectivity index (χ2v) is 5.30. The van der Waals surface area contributed by atoms with E-state index in [1.165, 1.54) is 6.42 Å². The molecule has 1 heterocycles. The van der Waals surface area contributed by atoms with Crippen LogP contribution < -0.4 is 15.4 Å². The van der Waals surface area contributed by atoms with Crippen molar-refractivity contribution in [2.24, 2.45) is 0 Å². The molecule has 20 heavy (non-hydrogen) atoms. The first-order chi connectivity index (χ1) is 9.60. The summed E-state index contributed by atoms with van der Waals surface area (Å²) in [6, 6.07) is 0.686. The first kappa shape index (κ1) is 14.8. The third kappa shape index (κ3) is 3.69. The van der Waals surface area contributed by atoms with Crippen LogP contribution in [0.2, 0.25) is 0 Å². The summed E-state index contributed by atoms with van der Waals surface area (Å²) in [6.45, 7) is 4.69. The first-order valence-corrected chi connectivity index (χ1v) is 7.16. The number of ether oxygens (including phenoxy) is 1. The summed E-state index contributed by atoms with van der Waals surface area (Å²) in [6.07, 6.45) is 4.13. The number of aliphatic hydroxyl groups excluding tert-OH is 1. The van der Waals surface area contributed by atoms with Crippen LogP contribution in [0, 0.1) is 0 Å². The number of anilines is 2. The van der Waals surface area contributed by atoms with Crippen LogP contribution in [0.1, 0.15) is 39.5 Å². The van der Waals surface area contributed by atoms with Crippen LogP contribution in [-0.4, -0.2) is 45.4 Å². The smallest absolute Gasteiger partial charge is 0.323 e. The van der Waals surface area contributed by atoms with Crippen molar-refractivity contribution < 1.29 is 9.84 Å². The maximum Gasteiger partial charge on any atom is 0.323 e.